The van der Waals surface area contributed by atoms with Crippen molar-refractivity contribution in [3.05, 3.63) is 0 Å². The van der Waals surface area contributed by atoms with Gasteiger partial charge in [0.1, 0.15) is 0 Å². The van der Waals surface area contributed by atoms with Crippen LogP contribution in [-0.2, 0) is 10.1 Å². The first kappa shape index (κ1) is 19.7. The summed E-state index contributed by atoms with van der Waals surface area (Å²) in [5, 5.41) is 0. The molecule has 0 aromatic heterocycles. The van der Waals surface area contributed by atoms with Crippen LogP contribution in [-0.4, -0.2) is 24.9 Å². The van der Waals surface area contributed by atoms with Crippen molar-refractivity contribution in [2.45, 2.75) is 44.7 Å². The largest absolute Gasteiger partial charge is 1.00 e. The zero-order valence-electron chi connectivity index (χ0n) is 9.22. The van der Waals surface area contributed by atoms with E-state index in [0.29, 0.717) is 19.3 Å². The average molecular weight is 286 g/mol. The second kappa shape index (κ2) is 9.29. The summed E-state index contributed by atoms with van der Waals surface area (Å²) in [6, 6.07) is 0. The molecule has 0 aliphatic carbocycles. The summed E-state index contributed by atoms with van der Waals surface area (Å²) in [7, 11) is -4.17. The van der Waals surface area contributed by atoms with Crippen LogP contribution in [0, 0.1) is 0 Å². The number of hydrogen-bond acceptors (Lipinski definition) is 3. The van der Waals surface area contributed by atoms with Crippen molar-refractivity contribution in [1.82, 2.24) is 0 Å². The Bertz CT molecular complexity index is 264. The molecule has 8 heteroatoms. The van der Waals surface area contributed by atoms with E-state index < -0.39 is 28.5 Å². The molecule has 0 aliphatic heterocycles. The molecule has 0 radical (unpaired) electrons. The van der Waals surface area contributed by atoms with Crippen LogP contribution in [0.25, 0.3) is 0 Å². The zero-order valence-corrected chi connectivity index (χ0v) is 13.2. The first-order chi connectivity index (χ1) is 6.71. The molecule has 0 bridgehead atoms. The van der Waals surface area contributed by atoms with E-state index in [2.05, 4.69) is 0 Å². The molecular formula is C8H14F3KO3S. The summed E-state index contributed by atoms with van der Waals surface area (Å²) in [6.07, 6.45) is -3.18. The van der Waals surface area contributed by atoms with Crippen LogP contribution in [0.5, 0.6) is 0 Å². The smallest absolute Gasteiger partial charge is 0.748 e. The van der Waals surface area contributed by atoms with Gasteiger partial charge in [0.15, 0.2) is 0 Å². The van der Waals surface area contributed by atoms with E-state index in [1.165, 1.54) is 0 Å². The first-order valence-electron chi connectivity index (χ1n) is 4.71. The molecule has 0 amide bonds. The van der Waals surface area contributed by atoms with Gasteiger partial charge in [0, 0.05) is 12.2 Å². The minimum absolute atomic E-state index is 0. The van der Waals surface area contributed by atoms with Gasteiger partial charge in [-0.2, -0.15) is 13.2 Å². The van der Waals surface area contributed by atoms with Crippen molar-refractivity contribution in [3.63, 3.8) is 0 Å². The summed E-state index contributed by atoms with van der Waals surface area (Å²) < 4.78 is 65.4. The predicted molar refractivity (Wildman–Crippen MR) is 48.3 cm³/mol. The Morgan fingerprint density at radius 1 is 0.938 bits per heavy atom. The topological polar surface area (TPSA) is 57.2 Å². The predicted octanol–water partition coefficient (Wildman–Crippen LogP) is -0.561. The van der Waals surface area contributed by atoms with Gasteiger partial charge < -0.3 is 4.55 Å². The summed E-state index contributed by atoms with van der Waals surface area (Å²) in [6.45, 7) is 0. The van der Waals surface area contributed by atoms with Gasteiger partial charge in [-0.25, -0.2) is 8.42 Å². The molecule has 0 unspecified atom stereocenters. The summed E-state index contributed by atoms with van der Waals surface area (Å²) in [4.78, 5) is 0. The number of hydrogen-bond donors (Lipinski definition) is 0. The van der Waals surface area contributed by atoms with E-state index in [9.17, 15) is 26.1 Å². The second-order valence-electron chi connectivity index (χ2n) is 3.39. The molecule has 0 saturated heterocycles. The maximum atomic E-state index is 11.7. The third kappa shape index (κ3) is 17.7. The van der Waals surface area contributed by atoms with Crippen molar-refractivity contribution in [2.24, 2.45) is 0 Å². The van der Waals surface area contributed by atoms with E-state index in [0.717, 1.165) is 0 Å². The van der Waals surface area contributed by atoms with Gasteiger partial charge in [-0.1, -0.05) is 19.3 Å². The molecular weight excluding hydrogens is 272 g/mol. The summed E-state index contributed by atoms with van der Waals surface area (Å²) >= 11 is 0. The van der Waals surface area contributed by atoms with Crippen molar-refractivity contribution in [3.8, 4) is 0 Å². The van der Waals surface area contributed by atoms with Crippen LogP contribution in [0.15, 0.2) is 0 Å². The Hall–Kier alpha value is 1.34. The monoisotopic (exact) mass is 286 g/mol. The standard InChI is InChI=1S/C8H15F3O3S.K/c9-8(10,11)6-4-2-1-3-5-7-15(12,13)14;/h1-7H2,(H,12,13,14);/q;+1/p-1. The third-order valence-corrected chi connectivity index (χ3v) is 2.64. The second-order valence-corrected chi connectivity index (χ2v) is 4.92. The van der Waals surface area contributed by atoms with Crippen LogP contribution >= 0.6 is 0 Å². The maximum Gasteiger partial charge on any atom is 1.00 e. The molecule has 0 fully saturated rings. The van der Waals surface area contributed by atoms with Gasteiger partial charge in [-0.3, -0.25) is 0 Å². The Labute approximate surface area is 136 Å². The van der Waals surface area contributed by atoms with Gasteiger partial charge >= 0.3 is 57.6 Å². The third-order valence-electron chi connectivity index (χ3n) is 1.85. The summed E-state index contributed by atoms with van der Waals surface area (Å²) in [5.74, 6) is -0.424. The fourth-order valence-corrected chi connectivity index (χ4v) is 1.69. The maximum absolute atomic E-state index is 11.7. The van der Waals surface area contributed by atoms with E-state index in [1.54, 1.807) is 0 Å². The number of rotatable bonds is 7. The van der Waals surface area contributed by atoms with Crippen LogP contribution < -0.4 is 51.4 Å². The van der Waals surface area contributed by atoms with E-state index in [-0.39, 0.29) is 64.2 Å². The zero-order chi connectivity index (χ0) is 11.9. The molecule has 0 aromatic carbocycles. The van der Waals surface area contributed by atoms with Gasteiger partial charge in [-0.15, -0.1) is 0 Å². The van der Waals surface area contributed by atoms with Crippen LogP contribution in [0.3, 0.4) is 0 Å². The fourth-order valence-electron chi connectivity index (χ4n) is 1.13. The molecule has 0 spiro atoms. The molecule has 0 rings (SSSR count). The molecule has 0 saturated carbocycles. The fraction of sp³-hybridized carbons (Fsp3) is 1.00. The Kier molecular flexibility index (Phi) is 11.4. The molecule has 92 valence electrons. The van der Waals surface area contributed by atoms with Gasteiger partial charge in [0.25, 0.3) is 0 Å². The Morgan fingerprint density at radius 3 is 1.81 bits per heavy atom. The first-order valence-corrected chi connectivity index (χ1v) is 6.29. The molecule has 0 aliphatic rings. The van der Waals surface area contributed by atoms with Gasteiger partial charge in [-0.05, 0) is 12.8 Å². The Balaban J connectivity index is 0. The number of unbranched alkanes of at least 4 members (excludes halogenated alkanes) is 4. The number of halogens is 3. The Morgan fingerprint density at radius 2 is 1.38 bits per heavy atom. The minimum atomic E-state index is -4.17. The molecule has 3 nitrogen and oxygen atoms in total. The van der Waals surface area contributed by atoms with E-state index in [4.69, 9.17) is 0 Å². The molecule has 0 aromatic rings. The van der Waals surface area contributed by atoms with Crippen LogP contribution in [0.1, 0.15) is 38.5 Å². The van der Waals surface area contributed by atoms with Crippen molar-refractivity contribution in [1.29, 1.82) is 0 Å². The van der Waals surface area contributed by atoms with Crippen molar-refractivity contribution >= 4 is 10.1 Å². The summed E-state index contributed by atoms with van der Waals surface area (Å²) in [5.41, 5.74) is 0. The van der Waals surface area contributed by atoms with E-state index >= 15 is 0 Å². The van der Waals surface area contributed by atoms with Crippen molar-refractivity contribution < 1.29 is 77.5 Å². The SMILES string of the molecule is O=S(=O)([O-])CCCCCCCC(F)(F)F.[K+]. The number of alkyl halides is 3. The molecule has 16 heavy (non-hydrogen) atoms. The quantitative estimate of drug-likeness (QED) is 0.358. The van der Waals surface area contributed by atoms with Crippen molar-refractivity contribution in [2.75, 3.05) is 5.75 Å². The average Bonchev–Trinajstić information content (AvgIpc) is 1.98. The van der Waals surface area contributed by atoms with Gasteiger partial charge in [0.2, 0.25) is 0 Å². The molecule has 0 heterocycles. The van der Waals surface area contributed by atoms with E-state index in [1.807, 2.05) is 0 Å². The van der Waals surface area contributed by atoms with Crippen LogP contribution in [0.4, 0.5) is 13.2 Å². The minimum Gasteiger partial charge on any atom is -0.748 e. The van der Waals surface area contributed by atoms with Gasteiger partial charge in [0.05, 0.1) is 10.1 Å². The van der Waals surface area contributed by atoms with Crippen LogP contribution in [0.2, 0.25) is 0 Å². The normalized spacial score (nSPS) is 12.2. The molecule has 0 N–H and O–H groups in total. The molecule has 0 atom stereocenters.